The van der Waals surface area contributed by atoms with Crippen molar-refractivity contribution in [2.75, 3.05) is 0 Å². The van der Waals surface area contributed by atoms with Crippen molar-refractivity contribution in [1.82, 2.24) is 10.1 Å². The summed E-state index contributed by atoms with van der Waals surface area (Å²) in [4.78, 5) is 14.5. The Hall–Kier alpha value is -2.56. The van der Waals surface area contributed by atoms with Crippen LogP contribution in [0.5, 0.6) is 0 Å². The van der Waals surface area contributed by atoms with Crippen molar-refractivity contribution in [1.29, 1.82) is 0 Å². The average molecular weight is 256 g/mol. The largest absolute Gasteiger partial charge is 0.476 e. The summed E-state index contributed by atoms with van der Waals surface area (Å²) >= 11 is 0. The number of carboxylic acids is 1. The molecule has 0 unspecified atom stereocenters. The van der Waals surface area contributed by atoms with E-state index in [1.54, 1.807) is 6.92 Å². The molecule has 0 aliphatic carbocycles. The summed E-state index contributed by atoms with van der Waals surface area (Å²) in [6.45, 7) is 3.63. The molecule has 19 heavy (non-hydrogen) atoms. The van der Waals surface area contributed by atoms with Crippen LogP contribution in [0.2, 0.25) is 0 Å². The smallest absolute Gasteiger partial charge is 0.358 e. The minimum atomic E-state index is -1.09. The van der Waals surface area contributed by atoms with Crippen molar-refractivity contribution in [3.8, 4) is 11.1 Å². The minimum Gasteiger partial charge on any atom is -0.476 e. The van der Waals surface area contributed by atoms with Gasteiger partial charge in [0.1, 0.15) is 5.76 Å². The number of nitrogens with one attached hydrogen (secondary N) is 1. The van der Waals surface area contributed by atoms with Crippen molar-refractivity contribution in [3.05, 3.63) is 41.4 Å². The number of aromatic nitrogens is 2. The van der Waals surface area contributed by atoms with E-state index in [0.29, 0.717) is 11.3 Å². The molecule has 0 radical (unpaired) electrons. The van der Waals surface area contributed by atoms with Gasteiger partial charge in [0.05, 0.1) is 5.56 Å². The van der Waals surface area contributed by atoms with Crippen LogP contribution in [0.15, 0.2) is 28.8 Å². The van der Waals surface area contributed by atoms with E-state index in [2.05, 4.69) is 10.1 Å². The van der Waals surface area contributed by atoms with Crippen LogP contribution in [0.4, 0.5) is 0 Å². The molecule has 96 valence electrons. The fourth-order valence-electron chi connectivity index (χ4n) is 2.41. The monoisotopic (exact) mass is 256 g/mol. The zero-order valence-corrected chi connectivity index (χ0v) is 10.5. The lowest BCUT2D eigenvalue weighted by Gasteiger charge is -2.00. The molecule has 0 atom stereocenters. The molecule has 0 aliphatic heterocycles. The van der Waals surface area contributed by atoms with Crippen LogP contribution in [0, 0.1) is 13.8 Å². The Morgan fingerprint density at radius 1 is 1.26 bits per heavy atom. The van der Waals surface area contributed by atoms with Crippen LogP contribution < -0.4 is 0 Å². The predicted molar refractivity (Wildman–Crippen MR) is 70.2 cm³/mol. The second-order valence-electron chi connectivity index (χ2n) is 4.44. The Kier molecular flexibility index (Phi) is 2.41. The summed E-state index contributed by atoms with van der Waals surface area (Å²) in [6, 6.07) is 7.75. The number of carbonyl (C=O) groups is 1. The van der Waals surface area contributed by atoms with Crippen molar-refractivity contribution >= 4 is 16.9 Å². The molecule has 2 heterocycles. The molecule has 0 fully saturated rings. The van der Waals surface area contributed by atoms with Gasteiger partial charge in [0.2, 0.25) is 0 Å². The predicted octanol–water partition coefficient (Wildman–Crippen LogP) is 3.14. The highest BCUT2D eigenvalue weighted by atomic mass is 16.5. The van der Waals surface area contributed by atoms with Gasteiger partial charge < -0.3 is 14.6 Å². The van der Waals surface area contributed by atoms with E-state index in [9.17, 15) is 9.90 Å². The Labute approximate surface area is 108 Å². The number of aryl methyl sites for hydroxylation is 2. The van der Waals surface area contributed by atoms with E-state index in [0.717, 1.165) is 22.2 Å². The van der Waals surface area contributed by atoms with Crippen LogP contribution >= 0.6 is 0 Å². The van der Waals surface area contributed by atoms with Gasteiger partial charge in [0, 0.05) is 22.2 Å². The van der Waals surface area contributed by atoms with E-state index in [4.69, 9.17) is 4.52 Å². The maximum Gasteiger partial charge on any atom is 0.358 e. The molecule has 1 aromatic carbocycles. The highest BCUT2D eigenvalue weighted by molar-refractivity contribution is 6.03. The van der Waals surface area contributed by atoms with E-state index >= 15 is 0 Å². The molecular formula is C14H12N2O3. The normalized spacial score (nSPS) is 11.1. The number of carboxylic acid groups (broad SMARTS) is 1. The first-order chi connectivity index (χ1) is 9.09. The van der Waals surface area contributed by atoms with Gasteiger partial charge in [-0.2, -0.15) is 0 Å². The second kappa shape index (κ2) is 3.98. The lowest BCUT2D eigenvalue weighted by molar-refractivity contribution is 0.0686. The summed E-state index contributed by atoms with van der Waals surface area (Å²) in [5, 5.41) is 13.8. The zero-order chi connectivity index (χ0) is 13.6. The summed E-state index contributed by atoms with van der Waals surface area (Å²) in [6.07, 6.45) is 0. The number of nitrogens with zero attached hydrogens (tertiary/aromatic N) is 1. The average Bonchev–Trinajstić information content (AvgIpc) is 2.88. The van der Waals surface area contributed by atoms with Gasteiger partial charge in [0.15, 0.2) is 5.69 Å². The van der Waals surface area contributed by atoms with Crippen LogP contribution in [0.3, 0.4) is 0 Å². The lowest BCUT2D eigenvalue weighted by atomic mass is 10.0. The zero-order valence-electron chi connectivity index (χ0n) is 10.5. The molecule has 0 amide bonds. The van der Waals surface area contributed by atoms with E-state index in [1.165, 1.54) is 0 Å². The van der Waals surface area contributed by atoms with Gasteiger partial charge in [-0.1, -0.05) is 23.4 Å². The summed E-state index contributed by atoms with van der Waals surface area (Å²) in [7, 11) is 0. The fraction of sp³-hybridized carbons (Fsp3) is 0.143. The maximum atomic E-state index is 11.2. The van der Waals surface area contributed by atoms with Crippen molar-refractivity contribution in [2.24, 2.45) is 0 Å². The third-order valence-corrected chi connectivity index (χ3v) is 3.21. The number of hydrogen-bond donors (Lipinski definition) is 2. The molecule has 2 aromatic heterocycles. The number of aromatic carboxylic acids is 1. The van der Waals surface area contributed by atoms with Gasteiger partial charge in [-0.3, -0.25) is 0 Å². The summed E-state index contributed by atoms with van der Waals surface area (Å²) in [5.74, 6) is -0.582. The van der Waals surface area contributed by atoms with E-state index in [1.807, 2.05) is 31.2 Å². The highest BCUT2D eigenvalue weighted by Crippen LogP contribution is 2.36. The minimum absolute atomic E-state index is 0.0506. The summed E-state index contributed by atoms with van der Waals surface area (Å²) in [5.41, 5.74) is 3.20. The summed E-state index contributed by atoms with van der Waals surface area (Å²) < 4.78 is 5.04. The Balaban J connectivity index is 2.39. The molecule has 0 bridgehead atoms. The number of H-pyrrole nitrogens is 1. The Bertz CT molecular complexity index is 783. The molecule has 3 rings (SSSR count). The van der Waals surface area contributed by atoms with Gasteiger partial charge in [-0.15, -0.1) is 0 Å². The molecule has 0 spiro atoms. The first-order valence-corrected chi connectivity index (χ1v) is 5.87. The number of rotatable bonds is 2. The van der Waals surface area contributed by atoms with E-state index in [-0.39, 0.29) is 5.69 Å². The van der Waals surface area contributed by atoms with Crippen LogP contribution in [0.25, 0.3) is 22.0 Å². The van der Waals surface area contributed by atoms with E-state index < -0.39 is 5.97 Å². The highest BCUT2D eigenvalue weighted by Gasteiger charge is 2.24. The molecular weight excluding hydrogens is 244 g/mol. The van der Waals surface area contributed by atoms with Crippen molar-refractivity contribution < 1.29 is 14.4 Å². The first kappa shape index (κ1) is 11.5. The number of hydrogen-bond acceptors (Lipinski definition) is 3. The number of para-hydroxylation sites is 1. The molecule has 0 aliphatic rings. The SMILES string of the molecule is Cc1[nH]c2ccccc2c1-c1c(C(=O)O)noc1C. The topological polar surface area (TPSA) is 79.1 Å². The molecule has 5 heteroatoms. The van der Waals surface area contributed by atoms with Gasteiger partial charge in [-0.25, -0.2) is 4.79 Å². The number of fused-ring (bicyclic) bond motifs is 1. The Morgan fingerprint density at radius 3 is 2.74 bits per heavy atom. The molecule has 5 nitrogen and oxygen atoms in total. The Morgan fingerprint density at radius 2 is 2.00 bits per heavy atom. The molecule has 2 N–H and O–H groups in total. The van der Waals surface area contributed by atoms with Crippen LogP contribution in [0.1, 0.15) is 21.9 Å². The molecule has 0 saturated carbocycles. The quantitative estimate of drug-likeness (QED) is 0.738. The third-order valence-electron chi connectivity index (χ3n) is 3.21. The van der Waals surface area contributed by atoms with Crippen LogP contribution in [-0.2, 0) is 0 Å². The molecule has 0 saturated heterocycles. The third kappa shape index (κ3) is 1.62. The van der Waals surface area contributed by atoms with Crippen molar-refractivity contribution in [3.63, 3.8) is 0 Å². The fourth-order valence-corrected chi connectivity index (χ4v) is 2.41. The van der Waals surface area contributed by atoms with Gasteiger partial charge in [0.25, 0.3) is 0 Å². The van der Waals surface area contributed by atoms with Gasteiger partial charge in [-0.05, 0) is 19.9 Å². The number of benzene rings is 1. The molecule has 3 aromatic rings. The lowest BCUT2D eigenvalue weighted by Crippen LogP contribution is -1.99. The van der Waals surface area contributed by atoms with Crippen molar-refractivity contribution in [2.45, 2.75) is 13.8 Å². The first-order valence-electron chi connectivity index (χ1n) is 5.87. The standard InChI is InChI=1S/C14H12N2O3/c1-7-11(9-5-3-4-6-10(9)15-7)12-8(2)19-16-13(12)14(17)18/h3-6,15H,1-2H3,(H,17,18). The second-order valence-corrected chi connectivity index (χ2v) is 4.44. The van der Waals surface area contributed by atoms with Gasteiger partial charge >= 0.3 is 5.97 Å². The number of aromatic amines is 1. The van der Waals surface area contributed by atoms with Crippen LogP contribution in [-0.4, -0.2) is 21.2 Å². The maximum absolute atomic E-state index is 11.2.